The molecule has 2 aromatic rings. The molecule has 3 heterocycles. The lowest BCUT2D eigenvalue weighted by Crippen LogP contribution is -2.46. The molecule has 0 unspecified atom stereocenters. The molecule has 1 saturated heterocycles. The van der Waals surface area contributed by atoms with Gasteiger partial charge in [-0.2, -0.15) is 22.0 Å². The van der Waals surface area contributed by atoms with Gasteiger partial charge >= 0.3 is 5.56 Å². The number of nitrogens with zero attached hydrogens (tertiary/aromatic N) is 6. The number of hydrogen-bond acceptors (Lipinski definition) is 8. The van der Waals surface area contributed by atoms with Crippen LogP contribution < -0.4 is 15.6 Å². The molecular weight excluding hydrogens is 422 g/mol. The summed E-state index contributed by atoms with van der Waals surface area (Å²) in [4.78, 5) is 26.2. The highest BCUT2D eigenvalue weighted by Gasteiger charge is 2.30. The Labute approximate surface area is 181 Å². The molecule has 1 N–H and O–H groups in total. The molecule has 4 rings (SSSR count). The number of anilines is 1. The van der Waals surface area contributed by atoms with Crippen molar-refractivity contribution < 1.29 is 13.2 Å². The predicted molar refractivity (Wildman–Crippen MR) is 116 cm³/mol. The minimum absolute atomic E-state index is 0.0453. The van der Waals surface area contributed by atoms with Crippen molar-refractivity contribution in [3.63, 3.8) is 0 Å². The van der Waals surface area contributed by atoms with E-state index in [1.54, 1.807) is 10.8 Å². The van der Waals surface area contributed by atoms with E-state index in [1.807, 2.05) is 0 Å². The lowest BCUT2D eigenvalue weighted by molar-refractivity contribution is 0.310. The molecule has 0 amide bonds. The fraction of sp³-hybridized carbons (Fsp3) is 0.684. The first-order valence-corrected chi connectivity index (χ1v) is 12.0. The van der Waals surface area contributed by atoms with Crippen LogP contribution in [0.5, 0.6) is 5.88 Å². The smallest absolute Gasteiger partial charge is 0.315 e. The van der Waals surface area contributed by atoms with Crippen LogP contribution in [0.1, 0.15) is 44.6 Å². The third-order valence-electron chi connectivity index (χ3n) is 6.06. The highest BCUT2D eigenvalue weighted by atomic mass is 32.2. The molecule has 0 bridgehead atoms. The van der Waals surface area contributed by atoms with Crippen LogP contribution in [-0.4, -0.2) is 76.9 Å². The standard InChI is InChI=1S/C19H29N7O4S/c1-24(2)31(28,29)25-10-8-13(9-11-25)21-19-20-12-15-16(23-19)26(14-6-4-5-7-14)18(27)17(22-15)30-3/h12-14H,4-11H2,1-3H3,(H,20,21,23). The Balaban J connectivity index is 1.57. The van der Waals surface area contributed by atoms with Gasteiger partial charge in [0.1, 0.15) is 5.52 Å². The largest absolute Gasteiger partial charge is 0.477 e. The molecule has 0 aromatic carbocycles. The Bertz CT molecular complexity index is 1100. The Hall–Kier alpha value is -2.31. The van der Waals surface area contributed by atoms with E-state index >= 15 is 0 Å². The second-order valence-electron chi connectivity index (χ2n) is 8.24. The first-order valence-electron chi connectivity index (χ1n) is 10.6. The summed E-state index contributed by atoms with van der Waals surface area (Å²) < 4.78 is 34.2. The first kappa shape index (κ1) is 21.9. The first-order chi connectivity index (χ1) is 14.8. The molecule has 11 nitrogen and oxygen atoms in total. The van der Waals surface area contributed by atoms with Gasteiger partial charge in [-0.15, -0.1) is 0 Å². The minimum Gasteiger partial charge on any atom is -0.477 e. The van der Waals surface area contributed by atoms with Crippen molar-refractivity contribution in [2.75, 3.05) is 39.6 Å². The van der Waals surface area contributed by atoms with Crippen molar-refractivity contribution in [2.24, 2.45) is 0 Å². The summed E-state index contributed by atoms with van der Waals surface area (Å²) in [6.45, 7) is 0.856. The van der Waals surface area contributed by atoms with Gasteiger partial charge < -0.3 is 10.1 Å². The predicted octanol–water partition coefficient (Wildman–Crippen LogP) is 0.993. The maximum absolute atomic E-state index is 12.9. The van der Waals surface area contributed by atoms with Gasteiger partial charge in [0.25, 0.3) is 16.1 Å². The second kappa shape index (κ2) is 8.67. The van der Waals surface area contributed by atoms with Crippen LogP contribution in [0.2, 0.25) is 0 Å². The number of methoxy groups -OCH3 is 1. The number of aromatic nitrogens is 4. The summed E-state index contributed by atoms with van der Waals surface area (Å²) in [6.07, 6.45) is 6.89. The molecule has 2 aliphatic rings. The SMILES string of the molecule is COc1nc2cnc(NC3CCN(S(=O)(=O)N(C)C)CC3)nc2n(C2CCCC2)c1=O. The number of fused-ring (bicyclic) bond motifs is 1. The highest BCUT2D eigenvalue weighted by Crippen LogP contribution is 2.31. The molecule has 0 spiro atoms. The van der Waals surface area contributed by atoms with Crippen LogP contribution in [-0.2, 0) is 10.2 Å². The summed E-state index contributed by atoms with van der Waals surface area (Å²) in [6, 6.07) is 0.123. The maximum Gasteiger partial charge on any atom is 0.315 e. The molecular formula is C19H29N7O4S. The van der Waals surface area contributed by atoms with Crippen LogP contribution in [0.4, 0.5) is 5.95 Å². The van der Waals surface area contributed by atoms with Gasteiger partial charge in [0.05, 0.1) is 13.3 Å². The van der Waals surface area contributed by atoms with Gasteiger partial charge in [-0.1, -0.05) is 12.8 Å². The normalized spacial score (nSPS) is 19.4. The van der Waals surface area contributed by atoms with E-state index in [0.29, 0.717) is 43.0 Å². The third kappa shape index (κ3) is 4.23. The van der Waals surface area contributed by atoms with Gasteiger partial charge in [0.15, 0.2) is 5.65 Å². The second-order valence-corrected chi connectivity index (χ2v) is 10.4. The van der Waals surface area contributed by atoms with Gasteiger partial charge in [-0.25, -0.2) is 9.97 Å². The molecule has 170 valence electrons. The molecule has 1 aliphatic heterocycles. The van der Waals surface area contributed by atoms with E-state index in [9.17, 15) is 13.2 Å². The highest BCUT2D eigenvalue weighted by molar-refractivity contribution is 7.86. The van der Waals surface area contributed by atoms with Crippen molar-refractivity contribution in [1.82, 2.24) is 28.1 Å². The third-order valence-corrected chi connectivity index (χ3v) is 8.00. The molecule has 0 radical (unpaired) electrons. The number of piperidine rings is 1. The Kier molecular flexibility index (Phi) is 6.13. The van der Waals surface area contributed by atoms with Crippen LogP contribution in [0.15, 0.2) is 11.0 Å². The van der Waals surface area contributed by atoms with Crippen molar-refractivity contribution >= 4 is 27.3 Å². The van der Waals surface area contributed by atoms with E-state index in [-0.39, 0.29) is 23.5 Å². The summed E-state index contributed by atoms with van der Waals surface area (Å²) in [5.41, 5.74) is 0.748. The van der Waals surface area contributed by atoms with Gasteiger partial charge in [0, 0.05) is 39.3 Å². The molecule has 31 heavy (non-hydrogen) atoms. The van der Waals surface area contributed by atoms with Crippen molar-refractivity contribution in [3.8, 4) is 5.88 Å². The van der Waals surface area contributed by atoms with Crippen molar-refractivity contribution in [2.45, 2.75) is 50.6 Å². The van der Waals surface area contributed by atoms with E-state index < -0.39 is 10.2 Å². The lowest BCUT2D eigenvalue weighted by Gasteiger charge is -2.33. The van der Waals surface area contributed by atoms with Crippen LogP contribution in [0.25, 0.3) is 11.2 Å². The van der Waals surface area contributed by atoms with Crippen LogP contribution in [0.3, 0.4) is 0 Å². The average molecular weight is 452 g/mol. The van der Waals surface area contributed by atoms with Crippen molar-refractivity contribution in [1.29, 1.82) is 0 Å². The Morgan fingerprint density at radius 1 is 1.13 bits per heavy atom. The zero-order valence-corrected chi connectivity index (χ0v) is 18.9. The fourth-order valence-electron chi connectivity index (χ4n) is 4.33. The van der Waals surface area contributed by atoms with Crippen LogP contribution in [0, 0.1) is 0 Å². The van der Waals surface area contributed by atoms with E-state index in [2.05, 4.69) is 20.3 Å². The summed E-state index contributed by atoms with van der Waals surface area (Å²) >= 11 is 0. The van der Waals surface area contributed by atoms with E-state index in [1.165, 1.54) is 29.8 Å². The summed E-state index contributed by atoms with van der Waals surface area (Å²) in [5.74, 6) is 0.470. The quantitative estimate of drug-likeness (QED) is 0.690. The zero-order chi connectivity index (χ0) is 22.2. The van der Waals surface area contributed by atoms with Gasteiger partial charge in [0.2, 0.25) is 5.95 Å². The number of ether oxygens (including phenoxy) is 1. The monoisotopic (exact) mass is 451 g/mol. The van der Waals surface area contributed by atoms with Crippen LogP contribution >= 0.6 is 0 Å². The van der Waals surface area contributed by atoms with E-state index in [0.717, 1.165) is 25.7 Å². The average Bonchev–Trinajstić information content (AvgIpc) is 3.28. The number of nitrogens with one attached hydrogen (secondary N) is 1. The van der Waals surface area contributed by atoms with Crippen molar-refractivity contribution in [3.05, 3.63) is 16.6 Å². The van der Waals surface area contributed by atoms with Gasteiger partial charge in [-0.05, 0) is 25.7 Å². The molecule has 2 aromatic heterocycles. The Morgan fingerprint density at radius 2 is 1.81 bits per heavy atom. The summed E-state index contributed by atoms with van der Waals surface area (Å²) in [5, 5.41) is 3.31. The molecule has 1 aliphatic carbocycles. The summed E-state index contributed by atoms with van der Waals surface area (Å²) in [7, 11) is 1.11. The zero-order valence-electron chi connectivity index (χ0n) is 18.1. The molecule has 0 atom stereocenters. The minimum atomic E-state index is -3.40. The number of hydrogen-bond donors (Lipinski definition) is 1. The topological polar surface area (TPSA) is 123 Å². The molecule has 12 heteroatoms. The molecule has 2 fully saturated rings. The van der Waals surface area contributed by atoms with E-state index in [4.69, 9.17) is 4.74 Å². The Morgan fingerprint density at radius 3 is 2.42 bits per heavy atom. The lowest BCUT2D eigenvalue weighted by atomic mass is 10.1. The maximum atomic E-state index is 12.9. The fourth-order valence-corrected chi connectivity index (χ4v) is 5.46. The molecule has 1 saturated carbocycles. The number of rotatable bonds is 6. The van der Waals surface area contributed by atoms with Gasteiger partial charge in [-0.3, -0.25) is 9.36 Å².